The van der Waals surface area contributed by atoms with Crippen LogP contribution in [0.25, 0.3) is 0 Å². The van der Waals surface area contributed by atoms with Gasteiger partial charge in [0.1, 0.15) is 19.8 Å². The van der Waals surface area contributed by atoms with Gasteiger partial charge in [-0.2, -0.15) is 0 Å². The van der Waals surface area contributed by atoms with E-state index in [4.69, 9.17) is 0 Å². The molecule has 2 amide bonds. The van der Waals surface area contributed by atoms with Crippen LogP contribution in [-0.4, -0.2) is 18.2 Å². The third-order valence-corrected chi connectivity index (χ3v) is 6.53. The average molecular weight is 615 g/mol. The van der Waals surface area contributed by atoms with Gasteiger partial charge < -0.3 is 26.0 Å². The molecule has 3 aromatic carbocycles. The number of carbonyl (C=O) groups is 2. The summed E-state index contributed by atoms with van der Waals surface area (Å²) < 4.78 is 47.8. The van der Waals surface area contributed by atoms with Gasteiger partial charge in [-0.25, -0.2) is 9.13 Å². The number of halogens is 3. The first kappa shape index (κ1) is 30.5. The topological polar surface area (TPSA) is 99.2 Å². The minimum atomic E-state index is -5.09. The van der Waals surface area contributed by atoms with Crippen molar-refractivity contribution in [2.24, 2.45) is 14.1 Å². The molecule has 0 saturated heterocycles. The van der Waals surface area contributed by atoms with E-state index in [0.717, 1.165) is 34.9 Å². The molecule has 0 fully saturated rings. The summed E-state index contributed by atoms with van der Waals surface area (Å²) in [4.78, 5) is 25.9. The highest BCUT2D eigenvalue weighted by atomic mass is 19.4. The van der Waals surface area contributed by atoms with Crippen LogP contribution in [0.15, 0.2) is 116 Å². The van der Waals surface area contributed by atoms with Crippen molar-refractivity contribution in [3.8, 4) is 5.75 Å². The minimum Gasteiger partial charge on any atom is -0.405 e. The Bertz CT molecular complexity index is 1790. The Kier molecular flexibility index (Phi) is 8.94. The fourth-order valence-corrected chi connectivity index (χ4v) is 4.24. The Balaban J connectivity index is 1.26. The lowest BCUT2D eigenvalue weighted by Crippen LogP contribution is -2.25. The third kappa shape index (κ3) is 8.57. The van der Waals surface area contributed by atoms with Crippen molar-refractivity contribution < 1.29 is 36.6 Å². The van der Waals surface area contributed by atoms with Crippen LogP contribution in [0.5, 0.6) is 5.75 Å². The van der Waals surface area contributed by atoms with E-state index in [9.17, 15) is 22.8 Å². The second kappa shape index (κ2) is 13.2. The van der Waals surface area contributed by atoms with Crippen LogP contribution in [-0.2, 0) is 14.1 Å². The van der Waals surface area contributed by atoms with E-state index in [-0.39, 0.29) is 5.56 Å². The fraction of sp³-hybridized carbons (Fsp3) is 0.0909. The molecule has 2 aromatic heterocycles. The van der Waals surface area contributed by atoms with E-state index in [0.29, 0.717) is 11.4 Å². The predicted molar refractivity (Wildman–Crippen MR) is 164 cm³/mol. The van der Waals surface area contributed by atoms with Crippen molar-refractivity contribution in [1.29, 1.82) is 0 Å². The first-order valence-electron chi connectivity index (χ1n) is 13.7. The monoisotopic (exact) mass is 614 g/mol. The molecule has 228 valence electrons. The molecule has 12 heteroatoms. The van der Waals surface area contributed by atoms with Gasteiger partial charge in [-0.1, -0.05) is 0 Å². The van der Waals surface area contributed by atoms with E-state index in [1.165, 1.54) is 6.07 Å². The van der Waals surface area contributed by atoms with Gasteiger partial charge in [0.15, 0.2) is 24.8 Å². The highest BCUT2D eigenvalue weighted by Crippen LogP contribution is 2.29. The first-order valence-corrected chi connectivity index (χ1v) is 13.7. The number of amides is 2. The number of rotatable bonds is 9. The summed E-state index contributed by atoms with van der Waals surface area (Å²) in [5, 5.41) is 11.7. The summed E-state index contributed by atoms with van der Waals surface area (Å²) >= 11 is 0. The van der Waals surface area contributed by atoms with Crippen molar-refractivity contribution in [2.45, 2.75) is 6.36 Å². The zero-order valence-electron chi connectivity index (χ0n) is 24.2. The molecule has 0 aliphatic rings. The quantitative estimate of drug-likeness (QED) is 0.148. The van der Waals surface area contributed by atoms with Crippen LogP contribution in [0.1, 0.15) is 20.7 Å². The van der Waals surface area contributed by atoms with Gasteiger partial charge in [0.25, 0.3) is 11.8 Å². The van der Waals surface area contributed by atoms with Crippen LogP contribution in [0.4, 0.5) is 47.3 Å². The van der Waals surface area contributed by atoms with E-state index in [2.05, 4.69) is 26.0 Å². The van der Waals surface area contributed by atoms with Crippen molar-refractivity contribution >= 4 is 45.9 Å². The summed E-state index contributed by atoms with van der Waals surface area (Å²) in [5.41, 5.74) is 3.49. The maximum Gasteiger partial charge on any atom is 0.573 e. The van der Waals surface area contributed by atoms with Gasteiger partial charge in [0.2, 0.25) is 0 Å². The molecule has 4 N–H and O–H groups in total. The molecule has 0 bridgehead atoms. The highest BCUT2D eigenvalue weighted by molar-refractivity contribution is 6.09. The van der Waals surface area contributed by atoms with E-state index < -0.39 is 29.5 Å². The molecule has 5 aromatic rings. The Morgan fingerprint density at radius 3 is 1.42 bits per heavy atom. The molecule has 0 spiro atoms. The van der Waals surface area contributed by atoms with Crippen LogP contribution in [0, 0.1) is 0 Å². The van der Waals surface area contributed by atoms with Crippen molar-refractivity contribution in [3.63, 3.8) is 0 Å². The third-order valence-electron chi connectivity index (χ3n) is 6.53. The molecule has 0 radical (unpaired) electrons. The average Bonchev–Trinajstić information content (AvgIpc) is 3.00. The van der Waals surface area contributed by atoms with E-state index in [1.807, 2.05) is 72.3 Å². The summed E-state index contributed by atoms with van der Waals surface area (Å²) in [6.07, 6.45) is 2.46. The molecule has 0 saturated carbocycles. The van der Waals surface area contributed by atoms with Gasteiger partial charge in [-0.05, 0) is 66.7 Å². The zero-order valence-corrected chi connectivity index (χ0v) is 24.2. The molecule has 0 unspecified atom stereocenters. The normalized spacial score (nSPS) is 11.0. The predicted octanol–water partition coefficient (Wildman–Crippen LogP) is 6.23. The molecular formula is C33H29F3N6O3+2. The number of nitrogens with zero attached hydrogens (tertiary/aromatic N) is 2. The molecule has 45 heavy (non-hydrogen) atoms. The molecular weight excluding hydrogens is 585 g/mol. The van der Waals surface area contributed by atoms with Crippen LogP contribution >= 0.6 is 0 Å². The Labute approximate surface area is 256 Å². The van der Waals surface area contributed by atoms with Crippen molar-refractivity contribution in [2.75, 3.05) is 21.3 Å². The van der Waals surface area contributed by atoms with Crippen LogP contribution in [0.2, 0.25) is 0 Å². The standard InChI is InChI=1S/C33H27F3N6O3/c1-41-17-13-27(14-18-41)37-23-4-8-25(9-5-23)39-31(43)22-3-12-29(30(21-22)45-33(34,35)36)32(44)40-26-10-6-24(7-11-26)38-28-15-19-42(2)20-16-28/h3-21H,1-2H3,(H2,39,40,43,44)/p+2. The van der Waals surface area contributed by atoms with Gasteiger partial charge >= 0.3 is 6.36 Å². The maximum absolute atomic E-state index is 13.3. The number of hydrogen-bond acceptors (Lipinski definition) is 5. The van der Waals surface area contributed by atoms with Crippen molar-refractivity contribution in [3.05, 3.63) is 127 Å². The Morgan fingerprint density at radius 1 is 0.578 bits per heavy atom. The number of aromatic nitrogens is 2. The van der Waals surface area contributed by atoms with Gasteiger partial charge in [0.05, 0.1) is 16.9 Å². The second-order valence-corrected chi connectivity index (χ2v) is 10.1. The molecule has 0 aliphatic carbocycles. The Hall–Kier alpha value is -5.91. The molecule has 2 heterocycles. The highest BCUT2D eigenvalue weighted by Gasteiger charge is 2.33. The second-order valence-electron chi connectivity index (χ2n) is 10.1. The van der Waals surface area contributed by atoms with E-state index in [1.54, 1.807) is 48.5 Å². The van der Waals surface area contributed by atoms with Crippen LogP contribution in [0.3, 0.4) is 0 Å². The lowest BCUT2D eigenvalue weighted by Gasteiger charge is -2.15. The maximum atomic E-state index is 13.3. The van der Waals surface area contributed by atoms with Gasteiger partial charge in [0, 0.05) is 52.6 Å². The lowest BCUT2D eigenvalue weighted by atomic mass is 10.1. The number of ether oxygens (including phenoxy) is 1. The van der Waals surface area contributed by atoms with Gasteiger partial charge in [-0.15, -0.1) is 13.2 Å². The number of hydrogen-bond donors (Lipinski definition) is 4. The van der Waals surface area contributed by atoms with Crippen molar-refractivity contribution in [1.82, 2.24) is 0 Å². The largest absolute Gasteiger partial charge is 0.573 e. The summed E-state index contributed by atoms with van der Waals surface area (Å²) in [5.74, 6) is -2.33. The number of alkyl halides is 3. The summed E-state index contributed by atoms with van der Waals surface area (Å²) in [6, 6.07) is 24.3. The number of pyridine rings is 2. The first-order chi connectivity index (χ1) is 21.5. The SMILES string of the molecule is C[n+]1ccc(Nc2ccc(NC(=O)c3ccc(C(=O)Nc4ccc(Nc5cc[n+](C)cc5)cc4)c(OC(F)(F)F)c3)cc2)cc1. The molecule has 0 atom stereocenters. The smallest absolute Gasteiger partial charge is 0.405 e. The zero-order chi connectivity index (χ0) is 32.0. The fourth-order valence-electron chi connectivity index (χ4n) is 4.24. The van der Waals surface area contributed by atoms with Crippen LogP contribution < -0.4 is 35.1 Å². The summed E-state index contributed by atoms with van der Waals surface area (Å²) in [6.45, 7) is 0. The lowest BCUT2D eigenvalue weighted by molar-refractivity contribution is -0.671. The number of carbonyl (C=O) groups excluding carboxylic acids is 2. The number of nitrogens with one attached hydrogen (secondary N) is 4. The molecule has 9 nitrogen and oxygen atoms in total. The Morgan fingerprint density at radius 2 is 0.978 bits per heavy atom. The molecule has 0 aliphatic heterocycles. The van der Waals surface area contributed by atoms with Gasteiger partial charge in [-0.3, -0.25) is 9.59 Å². The number of aryl methyl sites for hydroxylation is 2. The number of anilines is 6. The number of benzene rings is 3. The van der Waals surface area contributed by atoms with E-state index >= 15 is 0 Å². The molecule has 5 rings (SSSR count). The summed E-state index contributed by atoms with van der Waals surface area (Å²) in [7, 11) is 3.81. The minimum absolute atomic E-state index is 0.130.